The van der Waals surface area contributed by atoms with Gasteiger partial charge in [0.2, 0.25) is 0 Å². The van der Waals surface area contributed by atoms with Crippen LogP contribution in [0.1, 0.15) is 41.5 Å². The summed E-state index contributed by atoms with van der Waals surface area (Å²) in [5.41, 5.74) is 2.37. The van der Waals surface area contributed by atoms with Gasteiger partial charge in [-0.25, -0.2) is 0 Å². The molecule has 2 aliphatic rings. The monoisotopic (exact) mass is 245 g/mol. The Balaban J connectivity index is 2.31. The number of fused-ring (bicyclic) bond motifs is 1. The molecule has 98 valence electrons. The van der Waals surface area contributed by atoms with Crippen LogP contribution in [0.4, 0.5) is 0 Å². The van der Waals surface area contributed by atoms with E-state index in [0.717, 1.165) is 11.4 Å². The summed E-state index contributed by atoms with van der Waals surface area (Å²) in [6.45, 7) is 13.1. The Hall–Kier alpha value is -1.38. The Kier molecular flexibility index (Phi) is 2.96. The third-order valence-corrected chi connectivity index (χ3v) is 3.16. The average molecular weight is 245 g/mol. The molecule has 2 rings (SSSR count). The van der Waals surface area contributed by atoms with Crippen molar-refractivity contribution in [1.29, 1.82) is 0 Å². The predicted molar refractivity (Wildman–Crippen MR) is 77.7 cm³/mol. The van der Waals surface area contributed by atoms with E-state index in [-0.39, 0.29) is 16.9 Å². The van der Waals surface area contributed by atoms with Crippen molar-refractivity contribution in [2.24, 2.45) is 20.8 Å². The number of hydrogen-bond donors (Lipinski definition) is 0. The van der Waals surface area contributed by atoms with Crippen LogP contribution in [0.2, 0.25) is 0 Å². The van der Waals surface area contributed by atoms with Gasteiger partial charge < -0.3 is 4.90 Å². The summed E-state index contributed by atoms with van der Waals surface area (Å²) in [5.74, 6) is 0. The van der Waals surface area contributed by atoms with E-state index in [1.807, 2.05) is 12.4 Å². The smallest absolute Gasteiger partial charge is 0.104 e. The number of aliphatic imine (C=N–C) groups is 2. The lowest BCUT2D eigenvalue weighted by molar-refractivity contribution is 0.422. The third-order valence-electron chi connectivity index (χ3n) is 3.16. The zero-order chi connectivity index (χ0) is 13.6. The van der Waals surface area contributed by atoms with Gasteiger partial charge in [-0.2, -0.15) is 0 Å². The van der Waals surface area contributed by atoms with Crippen molar-refractivity contribution in [2.45, 2.75) is 47.6 Å². The Morgan fingerprint density at radius 3 is 1.56 bits per heavy atom. The van der Waals surface area contributed by atoms with Gasteiger partial charge in [-0.1, -0.05) is 41.5 Å². The van der Waals surface area contributed by atoms with Crippen LogP contribution in [0.5, 0.6) is 0 Å². The maximum Gasteiger partial charge on any atom is 0.104 e. The molecule has 0 spiro atoms. The highest BCUT2D eigenvalue weighted by atomic mass is 15.2. The van der Waals surface area contributed by atoms with Crippen LogP contribution in [0.3, 0.4) is 0 Å². The van der Waals surface area contributed by atoms with Gasteiger partial charge in [0.15, 0.2) is 0 Å². The van der Waals surface area contributed by atoms with E-state index in [1.54, 1.807) is 0 Å². The summed E-state index contributed by atoms with van der Waals surface area (Å²) >= 11 is 0. The molecule has 0 amide bonds. The lowest BCUT2D eigenvalue weighted by Gasteiger charge is -2.34. The molecule has 0 N–H and O–H groups in total. The first-order valence-corrected chi connectivity index (χ1v) is 6.48. The van der Waals surface area contributed by atoms with Gasteiger partial charge in [0.05, 0.1) is 11.4 Å². The van der Waals surface area contributed by atoms with E-state index in [0.29, 0.717) is 0 Å². The Morgan fingerprint density at radius 1 is 0.833 bits per heavy atom. The molecule has 0 unspecified atom stereocenters. The zero-order valence-electron chi connectivity index (χ0n) is 12.2. The van der Waals surface area contributed by atoms with Gasteiger partial charge in [0.25, 0.3) is 0 Å². The average Bonchev–Trinajstić information content (AvgIpc) is 2.25. The van der Waals surface area contributed by atoms with E-state index >= 15 is 0 Å². The molecule has 0 saturated heterocycles. The standard InChI is InChI=1S/C15H23N3/c1-14(2,3)12-9-18-10-13(15(4,5)6)17-8-11(18)7-16-12/h7-11H,1-6H3. The highest BCUT2D eigenvalue weighted by Gasteiger charge is 2.27. The molecule has 0 fully saturated rings. The second-order valence-corrected chi connectivity index (χ2v) is 7.02. The molecule has 3 heteroatoms. The molecule has 2 aliphatic heterocycles. The molecular formula is C15H23N3. The SMILES string of the molecule is CC(C)(C)C1=CN2C=C(C(C)(C)C)N=CC2C=N1. The van der Waals surface area contributed by atoms with Gasteiger partial charge in [0, 0.05) is 35.7 Å². The summed E-state index contributed by atoms with van der Waals surface area (Å²) < 4.78 is 0. The fourth-order valence-electron chi connectivity index (χ4n) is 1.84. The van der Waals surface area contributed by atoms with E-state index in [1.165, 1.54) is 0 Å². The molecule has 3 nitrogen and oxygen atoms in total. The Bertz CT molecular complexity index is 411. The minimum Gasteiger partial charge on any atom is -0.337 e. The topological polar surface area (TPSA) is 28.0 Å². The quantitative estimate of drug-likeness (QED) is 0.641. The molecule has 0 aliphatic carbocycles. The Labute approximate surface area is 110 Å². The fourth-order valence-corrected chi connectivity index (χ4v) is 1.84. The molecule has 0 saturated carbocycles. The highest BCUT2D eigenvalue weighted by molar-refractivity contribution is 5.90. The molecule has 2 heterocycles. The summed E-state index contributed by atoms with van der Waals surface area (Å²) in [5, 5.41) is 0. The molecule has 0 bridgehead atoms. The van der Waals surface area contributed by atoms with Crippen LogP contribution in [-0.2, 0) is 0 Å². The van der Waals surface area contributed by atoms with Gasteiger partial charge >= 0.3 is 0 Å². The van der Waals surface area contributed by atoms with E-state index < -0.39 is 0 Å². The van der Waals surface area contributed by atoms with E-state index in [2.05, 4.69) is 68.8 Å². The molecule has 0 atom stereocenters. The van der Waals surface area contributed by atoms with Crippen molar-refractivity contribution < 1.29 is 0 Å². The first-order chi connectivity index (χ1) is 8.18. The largest absolute Gasteiger partial charge is 0.337 e. The van der Waals surface area contributed by atoms with Gasteiger partial charge in [-0.15, -0.1) is 0 Å². The second kappa shape index (κ2) is 4.08. The normalized spacial score (nSPS) is 20.7. The van der Waals surface area contributed by atoms with Crippen molar-refractivity contribution >= 4 is 12.4 Å². The zero-order valence-corrected chi connectivity index (χ0v) is 12.2. The van der Waals surface area contributed by atoms with Crippen LogP contribution in [0.25, 0.3) is 0 Å². The van der Waals surface area contributed by atoms with Gasteiger partial charge in [0.1, 0.15) is 6.04 Å². The van der Waals surface area contributed by atoms with Crippen molar-refractivity contribution in [2.75, 3.05) is 0 Å². The van der Waals surface area contributed by atoms with Crippen LogP contribution < -0.4 is 0 Å². The molecule has 0 aromatic carbocycles. The molecule has 0 aromatic heterocycles. The lowest BCUT2D eigenvalue weighted by Crippen LogP contribution is -2.36. The molecule has 0 radical (unpaired) electrons. The van der Waals surface area contributed by atoms with E-state index in [4.69, 9.17) is 0 Å². The van der Waals surface area contributed by atoms with E-state index in [9.17, 15) is 0 Å². The van der Waals surface area contributed by atoms with Crippen LogP contribution in [-0.4, -0.2) is 23.4 Å². The van der Waals surface area contributed by atoms with Crippen molar-refractivity contribution in [3.05, 3.63) is 23.8 Å². The van der Waals surface area contributed by atoms with Crippen LogP contribution in [0.15, 0.2) is 33.8 Å². The van der Waals surface area contributed by atoms with Crippen molar-refractivity contribution in [3.63, 3.8) is 0 Å². The fraction of sp³-hybridized carbons (Fsp3) is 0.600. The number of allylic oxidation sites excluding steroid dienone is 2. The highest BCUT2D eigenvalue weighted by Crippen LogP contribution is 2.33. The van der Waals surface area contributed by atoms with Crippen LogP contribution >= 0.6 is 0 Å². The predicted octanol–water partition coefficient (Wildman–Crippen LogP) is 3.60. The maximum absolute atomic E-state index is 4.55. The lowest BCUT2D eigenvalue weighted by atomic mass is 9.90. The molecule has 0 aromatic rings. The van der Waals surface area contributed by atoms with Crippen LogP contribution in [0, 0.1) is 10.8 Å². The van der Waals surface area contributed by atoms with Crippen molar-refractivity contribution in [3.8, 4) is 0 Å². The third kappa shape index (κ3) is 2.55. The first-order valence-electron chi connectivity index (χ1n) is 6.48. The van der Waals surface area contributed by atoms with Crippen molar-refractivity contribution in [1.82, 2.24) is 4.90 Å². The summed E-state index contributed by atoms with van der Waals surface area (Å²) in [6.07, 6.45) is 8.23. The molecule has 18 heavy (non-hydrogen) atoms. The summed E-state index contributed by atoms with van der Waals surface area (Å²) in [7, 11) is 0. The summed E-state index contributed by atoms with van der Waals surface area (Å²) in [6, 6.07) is 0.169. The summed E-state index contributed by atoms with van der Waals surface area (Å²) in [4.78, 5) is 11.3. The first kappa shape index (κ1) is 13.1. The number of rotatable bonds is 0. The number of hydrogen-bond acceptors (Lipinski definition) is 3. The maximum atomic E-state index is 4.55. The molecular weight excluding hydrogens is 222 g/mol. The Morgan fingerprint density at radius 2 is 1.22 bits per heavy atom. The van der Waals surface area contributed by atoms with Gasteiger partial charge in [-0.3, -0.25) is 9.98 Å². The minimum absolute atomic E-state index is 0.0752. The second-order valence-electron chi connectivity index (χ2n) is 7.02. The minimum atomic E-state index is 0.0752. The van der Waals surface area contributed by atoms with Gasteiger partial charge in [-0.05, 0) is 0 Å². The number of nitrogens with zero attached hydrogens (tertiary/aromatic N) is 3.